The van der Waals surface area contributed by atoms with E-state index in [4.69, 9.17) is 23.2 Å². The molecule has 0 radical (unpaired) electrons. The van der Waals surface area contributed by atoms with E-state index in [1.165, 1.54) is 0 Å². The van der Waals surface area contributed by atoms with E-state index in [2.05, 4.69) is 15.6 Å². The molecule has 30 heavy (non-hydrogen) atoms. The normalized spacial score (nSPS) is 10.8. The number of hydrogen-bond donors (Lipinski definition) is 2. The number of hydrogen-bond acceptors (Lipinski definition) is 3. The van der Waals surface area contributed by atoms with Crippen LogP contribution in [0.25, 0.3) is 16.6 Å². The van der Waals surface area contributed by atoms with Gasteiger partial charge in [-0.05, 0) is 61.5 Å². The third-order valence-corrected chi connectivity index (χ3v) is 5.24. The molecule has 0 atom stereocenters. The van der Waals surface area contributed by atoms with Gasteiger partial charge in [0.05, 0.1) is 26.6 Å². The Kier molecular flexibility index (Phi) is 5.44. The predicted molar refractivity (Wildman–Crippen MR) is 121 cm³/mol. The van der Waals surface area contributed by atoms with Crippen molar-refractivity contribution in [2.24, 2.45) is 0 Å². The molecule has 0 spiro atoms. The fourth-order valence-corrected chi connectivity index (χ4v) is 3.41. The zero-order valence-electron chi connectivity index (χ0n) is 15.8. The van der Waals surface area contributed by atoms with Crippen molar-refractivity contribution in [1.29, 1.82) is 0 Å². The predicted octanol–water partition coefficient (Wildman–Crippen LogP) is 5.64. The van der Waals surface area contributed by atoms with Crippen LogP contribution in [0.2, 0.25) is 10.0 Å². The maximum absolute atomic E-state index is 12.9. The van der Waals surface area contributed by atoms with E-state index in [1.54, 1.807) is 60.0 Å². The van der Waals surface area contributed by atoms with Crippen LogP contribution in [0, 0.1) is 6.92 Å². The third kappa shape index (κ3) is 4.01. The summed E-state index contributed by atoms with van der Waals surface area (Å²) >= 11 is 11.8. The van der Waals surface area contributed by atoms with Gasteiger partial charge in [-0.2, -0.15) is 0 Å². The Morgan fingerprint density at radius 2 is 1.57 bits per heavy atom. The number of nitrogens with one attached hydrogen (secondary N) is 2. The van der Waals surface area contributed by atoms with Gasteiger partial charge in [0.2, 0.25) is 0 Å². The van der Waals surface area contributed by atoms with E-state index >= 15 is 0 Å². The summed E-state index contributed by atoms with van der Waals surface area (Å²) in [5, 5.41) is 6.72. The van der Waals surface area contributed by atoms with Gasteiger partial charge < -0.3 is 10.6 Å². The van der Waals surface area contributed by atoms with E-state index in [9.17, 15) is 9.59 Å². The van der Waals surface area contributed by atoms with Crippen molar-refractivity contribution in [2.75, 3.05) is 10.6 Å². The molecule has 0 bridgehead atoms. The molecule has 0 aliphatic carbocycles. The molecule has 150 valence electrons. The Hall–Kier alpha value is -3.35. The summed E-state index contributed by atoms with van der Waals surface area (Å²) in [6.45, 7) is 1.78. The van der Waals surface area contributed by atoms with Gasteiger partial charge in [0, 0.05) is 11.4 Å². The second-order valence-electron chi connectivity index (χ2n) is 6.57. The molecule has 3 aromatic carbocycles. The van der Waals surface area contributed by atoms with Gasteiger partial charge in [0.15, 0.2) is 0 Å². The number of nitrogens with zero attached hydrogens (tertiary/aromatic N) is 2. The summed E-state index contributed by atoms with van der Waals surface area (Å²) in [5.41, 5.74) is 2.26. The lowest BCUT2D eigenvalue weighted by Crippen LogP contribution is -2.22. The lowest BCUT2D eigenvalue weighted by Gasteiger charge is -2.12. The number of anilines is 2. The molecule has 2 N–H and O–H groups in total. The number of aryl methyl sites for hydroxylation is 1. The maximum atomic E-state index is 12.9. The Labute approximate surface area is 182 Å². The zero-order valence-corrected chi connectivity index (χ0v) is 17.3. The number of para-hydroxylation sites is 1. The number of aromatic nitrogens is 2. The van der Waals surface area contributed by atoms with Crippen LogP contribution in [0.5, 0.6) is 0 Å². The molecule has 1 heterocycles. The first-order valence-corrected chi connectivity index (χ1v) is 9.80. The highest BCUT2D eigenvalue weighted by molar-refractivity contribution is 6.42. The monoisotopic (exact) mass is 438 g/mol. The SMILES string of the molecule is Cc1nc2ccccc2c(=O)n1-c1ccc(NC(=O)Nc2ccc(Cl)c(Cl)c2)cc1. The molecule has 2 amide bonds. The van der Waals surface area contributed by atoms with Crippen LogP contribution >= 0.6 is 23.2 Å². The van der Waals surface area contributed by atoms with Gasteiger partial charge in [-0.3, -0.25) is 9.36 Å². The summed E-state index contributed by atoms with van der Waals surface area (Å²) in [5.74, 6) is 0.580. The fraction of sp³-hybridized carbons (Fsp3) is 0.0455. The molecule has 0 unspecified atom stereocenters. The average molecular weight is 439 g/mol. The van der Waals surface area contributed by atoms with Crippen molar-refractivity contribution < 1.29 is 4.79 Å². The van der Waals surface area contributed by atoms with Crippen molar-refractivity contribution in [3.05, 3.63) is 93.0 Å². The van der Waals surface area contributed by atoms with Crippen molar-refractivity contribution in [3.63, 3.8) is 0 Å². The molecule has 0 saturated carbocycles. The van der Waals surface area contributed by atoms with Gasteiger partial charge in [-0.1, -0.05) is 35.3 Å². The lowest BCUT2D eigenvalue weighted by atomic mass is 10.2. The van der Waals surface area contributed by atoms with Crippen molar-refractivity contribution in [3.8, 4) is 5.69 Å². The van der Waals surface area contributed by atoms with Crippen LogP contribution in [0.4, 0.5) is 16.2 Å². The Morgan fingerprint density at radius 3 is 2.30 bits per heavy atom. The Bertz CT molecular complexity index is 1320. The quantitative estimate of drug-likeness (QED) is 0.434. The number of carbonyl (C=O) groups excluding carboxylic acids is 1. The van der Waals surface area contributed by atoms with E-state index in [1.807, 2.05) is 18.2 Å². The number of fused-ring (bicyclic) bond motifs is 1. The smallest absolute Gasteiger partial charge is 0.308 e. The topological polar surface area (TPSA) is 76.0 Å². The summed E-state index contributed by atoms with van der Waals surface area (Å²) in [7, 11) is 0. The minimum atomic E-state index is -0.429. The highest BCUT2D eigenvalue weighted by Gasteiger charge is 2.10. The molecular weight excluding hydrogens is 423 g/mol. The first-order valence-electron chi connectivity index (χ1n) is 9.04. The Morgan fingerprint density at radius 1 is 0.900 bits per heavy atom. The molecule has 8 heteroatoms. The Balaban J connectivity index is 1.55. The third-order valence-electron chi connectivity index (χ3n) is 4.50. The number of urea groups is 1. The second kappa shape index (κ2) is 8.18. The van der Waals surface area contributed by atoms with E-state index < -0.39 is 6.03 Å². The van der Waals surface area contributed by atoms with Gasteiger partial charge in [-0.15, -0.1) is 0 Å². The lowest BCUT2D eigenvalue weighted by molar-refractivity contribution is 0.262. The molecule has 0 aliphatic heterocycles. The summed E-state index contributed by atoms with van der Waals surface area (Å²) in [6.07, 6.45) is 0. The molecule has 4 rings (SSSR count). The fourth-order valence-electron chi connectivity index (χ4n) is 3.11. The molecule has 4 aromatic rings. The summed E-state index contributed by atoms with van der Waals surface area (Å²) in [6, 6.07) is 18.5. The molecule has 0 aliphatic rings. The number of amides is 2. The number of halogens is 2. The van der Waals surface area contributed by atoms with Crippen molar-refractivity contribution in [1.82, 2.24) is 9.55 Å². The van der Waals surface area contributed by atoms with Crippen LogP contribution < -0.4 is 16.2 Å². The number of carbonyl (C=O) groups is 1. The number of benzene rings is 3. The van der Waals surface area contributed by atoms with Crippen LogP contribution in [-0.2, 0) is 0 Å². The molecule has 0 fully saturated rings. The van der Waals surface area contributed by atoms with E-state index in [-0.39, 0.29) is 5.56 Å². The highest BCUT2D eigenvalue weighted by Crippen LogP contribution is 2.25. The van der Waals surface area contributed by atoms with Crippen molar-refractivity contribution >= 4 is 51.5 Å². The van der Waals surface area contributed by atoms with Crippen LogP contribution in [0.3, 0.4) is 0 Å². The van der Waals surface area contributed by atoms with Crippen LogP contribution in [-0.4, -0.2) is 15.6 Å². The first-order chi connectivity index (χ1) is 14.4. The minimum Gasteiger partial charge on any atom is -0.308 e. The average Bonchev–Trinajstić information content (AvgIpc) is 2.72. The van der Waals surface area contributed by atoms with Gasteiger partial charge in [0.25, 0.3) is 5.56 Å². The minimum absolute atomic E-state index is 0.142. The highest BCUT2D eigenvalue weighted by atomic mass is 35.5. The zero-order chi connectivity index (χ0) is 21.3. The standard InChI is InChI=1S/C22H16Cl2N4O2/c1-13-25-20-5-3-2-4-17(20)21(29)28(13)16-9-6-14(7-10-16)26-22(30)27-15-8-11-18(23)19(24)12-15/h2-12H,1H3,(H2,26,27,30). The van der Waals surface area contributed by atoms with Gasteiger partial charge in [-0.25, -0.2) is 9.78 Å². The maximum Gasteiger partial charge on any atom is 0.323 e. The number of rotatable bonds is 3. The van der Waals surface area contributed by atoms with E-state index in [0.29, 0.717) is 43.8 Å². The first kappa shape index (κ1) is 19.9. The van der Waals surface area contributed by atoms with Crippen molar-refractivity contribution in [2.45, 2.75) is 6.92 Å². The second-order valence-corrected chi connectivity index (χ2v) is 7.39. The van der Waals surface area contributed by atoms with Gasteiger partial charge >= 0.3 is 6.03 Å². The molecule has 6 nitrogen and oxygen atoms in total. The van der Waals surface area contributed by atoms with Gasteiger partial charge in [0.1, 0.15) is 5.82 Å². The summed E-state index contributed by atoms with van der Waals surface area (Å²) in [4.78, 5) is 29.6. The molecular formula is C22H16Cl2N4O2. The van der Waals surface area contributed by atoms with Crippen LogP contribution in [0.15, 0.2) is 71.5 Å². The van der Waals surface area contributed by atoms with E-state index in [0.717, 1.165) is 0 Å². The molecule has 0 saturated heterocycles. The summed E-state index contributed by atoms with van der Waals surface area (Å²) < 4.78 is 1.54. The van der Waals surface area contributed by atoms with Crippen LogP contribution in [0.1, 0.15) is 5.82 Å². The largest absolute Gasteiger partial charge is 0.323 e. The molecule has 1 aromatic heterocycles.